The molecule has 2 nitrogen and oxygen atoms in total. The first-order valence-corrected chi connectivity index (χ1v) is 3.34. The average Bonchev–Trinajstić information content (AvgIpc) is 2.33. The van der Waals surface area contributed by atoms with E-state index in [0.29, 0.717) is 0 Å². The van der Waals surface area contributed by atoms with Gasteiger partial charge in [-0.25, -0.2) is 4.39 Å². The van der Waals surface area contributed by atoms with Crippen molar-refractivity contribution in [1.82, 2.24) is 9.78 Å². The third kappa shape index (κ3) is 0.888. The van der Waals surface area contributed by atoms with Crippen molar-refractivity contribution < 1.29 is 4.39 Å². The topological polar surface area (TPSA) is 17.8 Å². The van der Waals surface area contributed by atoms with E-state index in [1.165, 1.54) is 12.1 Å². The Morgan fingerprint density at radius 1 is 1.45 bits per heavy atom. The van der Waals surface area contributed by atoms with Crippen LogP contribution in [-0.4, -0.2) is 9.78 Å². The molecule has 0 N–H and O–H groups in total. The Bertz CT molecular complexity index is 392. The molecule has 0 unspecified atom stereocenters. The van der Waals surface area contributed by atoms with E-state index in [1.807, 2.05) is 0 Å². The summed E-state index contributed by atoms with van der Waals surface area (Å²) in [5.41, 5.74) is 0.824. The third-order valence-corrected chi connectivity index (χ3v) is 1.71. The van der Waals surface area contributed by atoms with Gasteiger partial charge in [-0.3, -0.25) is 4.68 Å². The van der Waals surface area contributed by atoms with Crippen molar-refractivity contribution in [2.75, 3.05) is 0 Å². The molecule has 3 heteroatoms. The van der Waals surface area contributed by atoms with Crippen LogP contribution in [0.25, 0.3) is 10.9 Å². The number of hydrogen-bond donors (Lipinski definition) is 0. The molecule has 0 amide bonds. The van der Waals surface area contributed by atoms with Crippen molar-refractivity contribution in [3.63, 3.8) is 0 Å². The summed E-state index contributed by atoms with van der Waals surface area (Å²) in [4.78, 5) is 0. The average molecular weight is 150 g/mol. The van der Waals surface area contributed by atoms with Gasteiger partial charge in [-0.2, -0.15) is 5.10 Å². The minimum Gasteiger partial charge on any atom is -0.268 e. The molecule has 0 radical (unpaired) electrons. The van der Waals surface area contributed by atoms with Crippen LogP contribution in [0, 0.1) is 5.82 Å². The highest BCUT2D eigenvalue weighted by Gasteiger charge is 1.98. The fraction of sp³-hybridized carbons (Fsp3) is 0.125. The van der Waals surface area contributed by atoms with Crippen LogP contribution in [0.15, 0.2) is 24.4 Å². The van der Waals surface area contributed by atoms with E-state index in [1.54, 1.807) is 24.0 Å². The van der Waals surface area contributed by atoms with E-state index >= 15 is 0 Å². The summed E-state index contributed by atoms with van der Waals surface area (Å²) < 4.78 is 14.3. The van der Waals surface area contributed by atoms with Crippen molar-refractivity contribution in [3.8, 4) is 0 Å². The van der Waals surface area contributed by atoms with E-state index in [4.69, 9.17) is 0 Å². The Morgan fingerprint density at radius 2 is 2.27 bits per heavy atom. The number of hydrogen-bond acceptors (Lipinski definition) is 1. The van der Waals surface area contributed by atoms with Crippen LogP contribution >= 0.6 is 0 Å². The van der Waals surface area contributed by atoms with E-state index in [0.717, 1.165) is 10.9 Å². The molecule has 0 atom stereocenters. The largest absolute Gasteiger partial charge is 0.268 e. The highest BCUT2D eigenvalue weighted by atomic mass is 19.1. The Morgan fingerprint density at radius 3 is 3.09 bits per heavy atom. The minimum atomic E-state index is -0.221. The predicted octanol–water partition coefficient (Wildman–Crippen LogP) is 1.71. The van der Waals surface area contributed by atoms with E-state index in [9.17, 15) is 4.39 Å². The number of aromatic nitrogens is 2. The molecule has 0 aliphatic carbocycles. The normalized spacial score (nSPS) is 10.7. The summed E-state index contributed by atoms with van der Waals surface area (Å²) in [6, 6.07) is 4.63. The van der Waals surface area contributed by atoms with Crippen LogP contribution in [0.3, 0.4) is 0 Å². The summed E-state index contributed by atoms with van der Waals surface area (Å²) in [6.07, 6.45) is 1.72. The van der Waals surface area contributed by atoms with Crippen LogP contribution < -0.4 is 0 Å². The van der Waals surface area contributed by atoms with Gasteiger partial charge in [0.25, 0.3) is 0 Å². The number of nitrogens with zero attached hydrogens (tertiary/aromatic N) is 2. The van der Waals surface area contributed by atoms with Gasteiger partial charge in [-0.1, -0.05) is 0 Å². The van der Waals surface area contributed by atoms with E-state index < -0.39 is 0 Å². The van der Waals surface area contributed by atoms with Crippen LogP contribution in [0.1, 0.15) is 0 Å². The third-order valence-electron chi connectivity index (χ3n) is 1.71. The molecule has 11 heavy (non-hydrogen) atoms. The van der Waals surface area contributed by atoms with Gasteiger partial charge in [0.05, 0.1) is 11.7 Å². The first kappa shape index (κ1) is 6.34. The number of aryl methyl sites for hydroxylation is 1. The number of rotatable bonds is 0. The molecular weight excluding hydrogens is 143 g/mol. The fourth-order valence-corrected chi connectivity index (χ4v) is 1.12. The number of fused-ring (bicyclic) bond motifs is 1. The zero-order valence-electron chi connectivity index (χ0n) is 6.08. The summed E-state index contributed by atoms with van der Waals surface area (Å²) in [5, 5.41) is 4.95. The summed E-state index contributed by atoms with van der Waals surface area (Å²) >= 11 is 0. The Kier molecular flexibility index (Phi) is 1.18. The Balaban J connectivity index is 2.87. The molecule has 0 fully saturated rings. The Hall–Kier alpha value is -1.38. The molecule has 0 bridgehead atoms. The number of halogens is 1. The lowest BCUT2D eigenvalue weighted by atomic mass is 10.2. The maximum absolute atomic E-state index is 12.7. The molecule has 2 rings (SSSR count). The molecule has 0 saturated carbocycles. The van der Waals surface area contributed by atoms with Gasteiger partial charge >= 0.3 is 0 Å². The van der Waals surface area contributed by atoms with Crippen molar-refractivity contribution >= 4 is 10.9 Å². The summed E-state index contributed by atoms with van der Waals surface area (Å²) in [7, 11) is 1.79. The van der Waals surface area contributed by atoms with Crippen LogP contribution in [0.5, 0.6) is 0 Å². The second-order valence-electron chi connectivity index (χ2n) is 2.47. The maximum atomic E-state index is 12.7. The van der Waals surface area contributed by atoms with Crippen molar-refractivity contribution in [2.24, 2.45) is 7.05 Å². The minimum absolute atomic E-state index is 0.221. The first-order chi connectivity index (χ1) is 5.27. The molecular formula is C8H7FN2. The van der Waals surface area contributed by atoms with E-state index in [-0.39, 0.29) is 5.82 Å². The second-order valence-corrected chi connectivity index (χ2v) is 2.47. The lowest BCUT2D eigenvalue weighted by Gasteiger charge is -1.92. The molecule has 2 aromatic rings. The van der Waals surface area contributed by atoms with Crippen molar-refractivity contribution in [2.45, 2.75) is 0 Å². The van der Waals surface area contributed by atoms with E-state index in [2.05, 4.69) is 5.10 Å². The lowest BCUT2D eigenvalue weighted by molar-refractivity contribution is 0.628. The van der Waals surface area contributed by atoms with Gasteiger partial charge in [0, 0.05) is 12.4 Å². The lowest BCUT2D eigenvalue weighted by Crippen LogP contribution is -1.88. The molecule has 0 spiro atoms. The molecule has 56 valence electrons. The molecule has 1 aromatic carbocycles. The zero-order chi connectivity index (χ0) is 7.84. The predicted molar refractivity (Wildman–Crippen MR) is 40.7 cm³/mol. The second kappa shape index (κ2) is 2.05. The monoisotopic (exact) mass is 150 g/mol. The van der Waals surface area contributed by atoms with Gasteiger partial charge in [-0.15, -0.1) is 0 Å². The zero-order valence-corrected chi connectivity index (χ0v) is 6.08. The number of benzene rings is 1. The van der Waals surface area contributed by atoms with Gasteiger partial charge in [0.15, 0.2) is 0 Å². The smallest absolute Gasteiger partial charge is 0.125 e. The standard InChI is InChI=1S/C8H7FN2/c1-11-8-4-7(9)3-2-6(8)5-10-11/h2-5H,1H3. The molecule has 1 aromatic heterocycles. The molecule has 1 heterocycles. The summed E-state index contributed by atoms with van der Waals surface area (Å²) in [5.74, 6) is -0.221. The van der Waals surface area contributed by atoms with Crippen LogP contribution in [0.4, 0.5) is 4.39 Å². The molecule has 0 saturated heterocycles. The molecule has 0 aliphatic rings. The van der Waals surface area contributed by atoms with Crippen molar-refractivity contribution in [3.05, 3.63) is 30.2 Å². The van der Waals surface area contributed by atoms with Crippen molar-refractivity contribution in [1.29, 1.82) is 0 Å². The van der Waals surface area contributed by atoms with Gasteiger partial charge in [0.1, 0.15) is 5.82 Å². The van der Waals surface area contributed by atoms with Gasteiger partial charge in [0.2, 0.25) is 0 Å². The van der Waals surface area contributed by atoms with Gasteiger partial charge < -0.3 is 0 Å². The first-order valence-electron chi connectivity index (χ1n) is 3.34. The quantitative estimate of drug-likeness (QED) is 0.559. The summed E-state index contributed by atoms with van der Waals surface area (Å²) in [6.45, 7) is 0. The fourth-order valence-electron chi connectivity index (χ4n) is 1.12. The maximum Gasteiger partial charge on any atom is 0.125 e. The Labute approximate surface area is 63.3 Å². The highest BCUT2D eigenvalue weighted by Crippen LogP contribution is 2.13. The van der Waals surface area contributed by atoms with Crippen LogP contribution in [-0.2, 0) is 7.05 Å². The highest BCUT2D eigenvalue weighted by molar-refractivity contribution is 5.78. The molecule has 0 aliphatic heterocycles. The van der Waals surface area contributed by atoms with Gasteiger partial charge in [-0.05, 0) is 18.2 Å². The van der Waals surface area contributed by atoms with Crippen LogP contribution in [0.2, 0.25) is 0 Å². The SMILES string of the molecule is Cn1ncc2ccc(F)cc21.